The third kappa shape index (κ3) is 9.08. The lowest BCUT2D eigenvalue weighted by molar-refractivity contribution is -0.128. The van der Waals surface area contributed by atoms with E-state index in [0.29, 0.717) is 6.10 Å². The second kappa shape index (κ2) is 13.6. The van der Waals surface area contributed by atoms with E-state index in [1.54, 1.807) is 0 Å². The highest BCUT2D eigenvalue weighted by molar-refractivity contribution is 14.0. The van der Waals surface area contributed by atoms with Crippen molar-refractivity contribution in [2.24, 2.45) is 4.99 Å². The number of hydrogen-bond donors (Lipinski definition) is 2. The molecule has 7 heteroatoms. The molecular formula is C18H35IN4O2. The van der Waals surface area contributed by atoms with Gasteiger partial charge in [-0.3, -0.25) is 4.79 Å². The summed E-state index contributed by atoms with van der Waals surface area (Å²) >= 11 is 0. The van der Waals surface area contributed by atoms with Gasteiger partial charge in [-0.15, -0.1) is 24.0 Å². The van der Waals surface area contributed by atoms with E-state index in [4.69, 9.17) is 4.74 Å². The first kappa shape index (κ1) is 22.5. The maximum Gasteiger partial charge on any atom is 0.244 e. The van der Waals surface area contributed by atoms with Crippen molar-refractivity contribution in [2.75, 3.05) is 39.3 Å². The molecule has 1 amide bonds. The van der Waals surface area contributed by atoms with Crippen molar-refractivity contribution >= 4 is 35.8 Å². The molecule has 2 rings (SSSR count). The molecule has 146 valence electrons. The number of nitrogens with one attached hydrogen (secondary N) is 2. The average molecular weight is 466 g/mol. The summed E-state index contributed by atoms with van der Waals surface area (Å²) in [7, 11) is 0. The van der Waals surface area contributed by atoms with E-state index in [2.05, 4.69) is 15.6 Å². The number of aliphatic imine (C=N–C) groups is 1. The smallest absolute Gasteiger partial charge is 0.244 e. The van der Waals surface area contributed by atoms with Crippen LogP contribution in [0.5, 0.6) is 0 Å². The van der Waals surface area contributed by atoms with Crippen LogP contribution in [0.4, 0.5) is 0 Å². The molecule has 1 saturated heterocycles. The van der Waals surface area contributed by atoms with Crippen LogP contribution >= 0.6 is 24.0 Å². The molecule has 1 saturated carbocycles. The molecule has 0 atom stereocenters. The highest BCUT2D eigenvalue weighted by Gasteiger charge is 2.17. The van der Waals surface area contributed by atoms with Crippen molar-refractivity contribution in [1.29, 1.82) is 0 Å². The number of carbonyl (C=O) groups excluding carboxylic acids is 1. The van der Waals surface area contributed by atoms with Crippen molar-refractivity contribution in [3.63, 3.8) is 0 Å². The van der Waals surface area contributed by atoms with Crippen LogP contribution in [0.3, 0.4) is 0 Å². The van der Waals surface area contributed by atoms with Crippen molar-refractivity contribution < 1.29 is 9.53 Å². The lowest BCUT2D eigenvalue weighted by Gasteiger charge is -2.22. The fourth-order valence-corrected chi connectivity index (χ4v) is 3.32. The minimum atomic E-state index is 0. The van der Waals surface area contributed by atoms with Gasteiger partial charge in [-0.05, 0) is 39.0 Å². The van der Waals surface area contributed by atoms with Crippen molar-refractivity contribution in [2.45, 2.75) is 64.4 Å². The zero-order valence-electron chi connectivity index (χ0n) is 15.6. The van der Waals surface area contributed by atoms with Crippen molar-refractivity contribution in [3.8, 4) is 0 Å². The van der Waals surface area contributed by atoms with E-state index in [9.17, 15) is 4.79 Å². The Labute approximate surface area is 169 Å². The first-order chi connectivity index (χ1) is 11.8. The monoisotopic (exact) mass is 466 g/mol. The summed E-state index contributed by atoms with van der Waals surface area (Å²) in [4.78, 5) is 18.4. The summed E-state index contributed by atoms with van der Waals surface area (Å²) in [5.41, 5.74) is 0. The number of nitrogens with zero attached hydrogens (tertiary/aromatic N) is 2. The molecule has 0 aromatic rings. The molecule has 1 aliphatic heterocycles. The Morgan fingerprint density at radius 2 is 1.84 bits per heavy atom. The summed E-state index contributed by atoms with van der Waals surface area (Å²) in [6, 6.07) is 0. The molecule has 6 nitrogen and oxygen atoms in total. The van der Waals surface area contributed by atoms with Gasteiger partial charge in [-0.2, -0.15) is 0 Å². The van der Waals surface area contributed by atoms with Gasteiger partial charge in [0.15, 0.2) is 5.96 Å². The molecule has 2 N–H and O–H groups in total. The topological polar surface area (TPSA) is 66.0 Å². The summed E-state index contributed by atoms with van der Waals surface area (Å²) in [5.74, 6) is 0.855. The summed E-state index contributed by atoms with van der Waals surface area (Å²) in [5, 5.41) is 6.49. The normalized spacial score (nSPS) is 18.8. The van der Waals surface area contributed by atoms with Gasteiger partial charge in [-0.25, -0.2) is 4.99 Å². The summed E-state index contributed by atoms with van der Waals surface area (Å²) < 4.78 is 5.93. The van der Waals surface area contributed by atoms with Crippen LogP contribution < -0.4 is 10.6 Å². The van der Waals surface area contributed by atoms with Crippen LogP contribution in [0.1, 0.15) is 58.3 Å². The molecule has 0 aromatic carbocycles. The molecule has 0 spiro atoms. The fourth-order valence-electron chi connectivity index (χ4n) is 3.32. The molecule has 1 aliphatic carbocycles. The van der Waals surface area contributed by atoms with Crippen molar-refractivity contribution in [3.05, 3.63) is 0 Å². The minimum absolute atomic E-state index is 0. The quantitative estimate of drug-likeness (QED) is 0.250. The second-order valence-electron chi connectivity index (χ2n) is 6.69. The zero-order valence-corrected chi connectivity index (χ0v) is 17.9. The minimum Gasteiger partial charge on any atom is -0.378 e. The number of hydrogen-bond acceptors (Lipinski definition) is 3. The maximum absolute atomic E-state index is 12.0. The highest BCUT2D eigenvalue weighted by atomic mass is 127. The predicted molar refractivity (Wildman–Crippen MR) is 113 cm³/mol. The van der Waals surface area contributed by atoms with Gasteiger partial charge in [0.25, 0.3) is 0 Å². The van der Waals surface area contributed by atoms with Gasteiger partial charge < -0.3 is 20.3 Å². The lowest BCUT2D eigenvalue weighted by atomic mass is 9.98. The molecule has 2 aliphatic rings. The van der Waals surface area contributed by atoms with Gasteiger partial charge >= 0.3 is 0 Å². The first-order valence-corrected chi connectivity index (χ1v) is 9.71. The third-order valence-corrected chi connectivity index (χ3v) is 4.69. The van der Waals surface area contributed by atoms with Crippen LogP contribution in [-0.2, 0) is 9.53 Å². The standard InChI is InChI=1S/C18H34N4O2.HI/c1-2-19-18(21-15-17(23)22-12-6-7-13-22)20-11-8-14-24-16-9-4-3-5-10-16;/h16H,2-15H2,1H3,(H2,19,20,21);1H. The molecule has 0 bridgehead atoms. The van der Waals surface area contributed by atoms with E-state index in [1.807, 2.05) is 11.8 Å². The largest absolute Gasteiger partial charge is 0.378 e. The van der Waals surface area contributed by atoms with Crippen LogP contribution in [0.25, 0.3) is 0 Å². The van der Waals surface area contributed by atoms with Crippen molar-refractivity contribution in [1.82, 2.24) is 15.5 Å². The zero-order chi connectivity index (χ0) is 17.0. The molecule has 25 heavy (non-hydrogen) atoms. The van der Waals surface area contributed by atoms with Gasteiger partial charge in [0, 0.05) is 32.8 Å². The second-order valence-corrected chi connectivity index (χ2v) is 6.69. The Hall–Kier alpha value is -0.570. The van der Waals surface area contributed by atoms with E-state index in [1.165, 1.54) is 32.1 Å². The molecule has 0 unspecified atom stereocenters. The molecule has 0 aromatic heterocycles. The Kier molecular flexibility index (Phi) is 12.2. The number of carbonyl (C=O) groups is 1. The predicted octanol–water partition coefficient (Wildman–Crippen LogP) is 2.52. The molecule has 2 fully saturated rings. The number of likely N-dealkylation sites (tertiary alicyclic amines) is 1. The molecule has 0 radical (unpaired) electrons. The summed E-state index contributed by atoms with van der Waals surface area (Å²) in [6.45, 7) is 6.44. The van der Waals surface area contributed by atoms with Crippen LogP contribution in [0.2, 0.25) is 0 Å². The van der Waals surface area contributed by atoms with Gasteiger partial charge in [0.1, 0.15) is 6.54 Å². The SMILES string of the molecule is CCNC(=NCC(=O)N1CCCC1)NCCCOC1CCCCC1.I. The maximum atomic E-state index is 12.0. The van der Waals surface area contributed by atoms with Gasteiger partial charge in [0.2, 0.25) is 5.91 Å². The van der Waals surface area contributed by atoms with E-state index in [-0.39, 0.29) is 36.4 Å². The Balaban J connectivity index is 0.00000312. The highest BCUT2D eigenvalue weighted by Crippen LogP contribution is 2.20. The number of ether oxygens (including phenoxy) is 1. The number of halogens is 1. The molecular weight excluding hydrogens is 431 g/mol. The van der Waals surface area contributed by atoms with Gasteiger partial charge in [0.05, 0.1) is 6.10 Å². The van der Waals surface area contributed by atoms with Crippen LogP contribution in [-0.4, -0.2) is 62.2 Å². The lowest BCUT2D eigenvalue weighted by Crippen LogP contribution is -2.39. The average Bonchev–Trinajstić information content (AvgIpc) is 3.14. The Morgan fingerprint density at radius 1 is 1.12 bits per heavy atom. The number of rotatable bonds is 8. The Morgan fingerprint density at radius 3 is 2.52 bits per heavy atom. The molecule has 1 heterocycles. The number of guanidine groups is 1. The Bertz CT molecular complexity index is 395. The first-order valence-electron chi connectivity index (χ1n) is 9.71. The van der Waals surface area contributed by atoms with E-state index in [0.717, 1.165) is 58.0 Å². The van der Waals surface area contributed by atoms with E-state index < -0.39 is 0 Å². The fraction of sp³-hybridized carbons (Fsp3) is 0.889. The van der Waals surface area contributed by atoms with Gasteiger partial charge in [-0.1, -0.05) is 19.3 Å². The third-order valence-electron chi connectivity index (χ3n) is 4.69. The number of amides is 1. The summed E-state index contributed by atoms with van der Waals surface area (Å²) in [6.07, 6.45) is 10.1. The van der Waals surface area contributed by atoms with Crippen LogP contribution in [0.15, 0.2) is 4.99 Å². The van der Waals surface area contributed by atoms with Crippen LogP contribution in [0, 0.1) is 0 Å². The van der Waals surface area contributed by atoms with E-state index >= 15 is 0 Å².